The van der Waals surface area contributed by atoms with E-state index in [1.54, 1.807) is 24.3 Å². The summed E-state index contributed by atoms with van der Waals surface area (Å²) in [6, 6.07) is 6.91. The molecule has 8 nitrogen and oxygen atoms in total. The van der Waals surface area contributed by atoms with Crippen LogP contribution in [0.2, 0.25) is 5.28 Å². The summed E-state index contributed by atoms with van der Waals surface area (Å²) in [7, 11) is -3.50. The van der Waals surface area contributed by atoms with Gasteiger partial charge in [-0.2, -0.15) is 14.3 Å². The van der Waals surface area contributed by atoms with Crippen LogP contribution in [-0.4, -0.2) is 58.8 Å². The number of H-pyrrole nitrogens is 1. The number of aromatic nitrogens is 4. The molecular weight excluding hydrogens is 376 g/mol. The molecule has 0 radical (unpaired) electrons. The molecule has 0 amide bonds. The fraction of sp³-hybridized carbons (Fsp3) is 0.312. The van der Waals surface area contributed by atoms with Crippen molar-refractivity contribution in [1.82, 2.24) is 24.2 Å². The number of piperazine rings is 1. The maximum atomic E-state index is 12.8. The van der Waals surface area contributed by atoms with Crippen molar-refractivity contribution in [3.63, 3.8) is 0 Å². The Kier molecular flexibility index (Phi) is 4.29. The van der Waals surface area contributed by atoms with Crippen molar-refractivity contribution in [2.75, 3.05) is 31.1 Å². The lowest BCUT2D eigenvalue weighted by atomic mass is 10.2. The number of nitrogens with one attached hydrogen (secondary N) is 1. The van der Waals surface area contributed by atoms with Gasteiger partial charge in [0.25, 0.3) is 0 Å². The molecule has 1 aromatic carbocycles. The van der Waals surface area contributed by atoms with Gasteiger partial charge >= 0.3 is 0 Å². The van der Waals surface area contributed by atoms with Gasteiger partial charge < -0.3 is 9.88 Å². The number of fused-ring (bicyclic) bond motifs is 1. The monoisotopic (exact) mass is 392 g/mol. The SMILES string of the molecule is Cc1ccc(S(=O)(=O)N2CCN(c3nc(Cl)nc4nc[nH]c34)CC2)cc1. The third kappa shape index (κ3) is 3.02. The van der Waals surface area contributed by atoms with Gasteiger partial charge in [-0.1, -0.05) is 17.7 Å². The number of halogens is 1. The standard InChI is InChI=1S/C16H17ClN6O2S/c1-11-2-4-12(5-3-11)26(24,25)23-8-6-22(7-9-23)15-13-14(19-10-18-13)20-16(17)21-15/h2-5,10H,6-9H2,1H3,(H,18,19,20,21). The number of aromatic amines is 1. The van der Waals surface area contributed by atoms with E-state index in [-0.39, 0.29) is 5.28 Å². The molecular formula is C16H17ClN6O2S. The average molecular weight is 393 g/mol. The van der Waals surface area contributed by atoms with Crippen LogP contribution < -0.4 is 4.90 Å². The highest BCUT2D eigenvalue weighted by Gasteiger charge is 2.29. The van der Waals surface area contributed by atoms with Gasteiger partial charge in [-0.15, -0.1) is 0 Å². The van der Waals surface area contributed by atoms with Crippen molar-refractivity contribution in [2.24, 2.45) is 0 Å². The number of imidazole rings is 1. The van der Waals surface area contributed by atoms with E-state index < -0.39 is 10.0 Å². The van der Waals surface area contributed by atoms with Crippen molar-refractivity contribution in [1.29, 1.82) is 0 Å². The minimum atomic E-state index is -3.50. The molecule has 3 heterocycles. The van der Waals surface area contributed by atoms with Crippen LogP contribution in [0.1, 0.15) is 5.56 Å². The van der Waals surface area contributed by atoms with E-state index >= 15 is 0 Å². The Balaban J connectivity index is 1.55. The zero-order valence-electron chi connectivity index (χ0n) is 14.1. The summed E-state index contributed by atoms with van der Waals surface area (Å²) < 4.78 is 27.1. The maximum Gasteiger partial charge on any atom is 0.243 e. The molecule has 1 N–H and O–H groups in total. The van der Waals surface area contributed by atoms with Crippen LogP contribution >= 0.6 is 11.6 Å². The number of nitrogens with zero attached hydrogens (tertiary/aromatic N) is 5. The third-order valence-corrected chi connectivity index (χ3v) is 6.52. The quantitative estimate of drug-likeness (QED) is 0.683. The number of hydrogen-bond acceptors (Lipinski definition) is 6. The second-order valence-corrected chi connectivity index (χ2v) is 8.40. The molecule has 4 rings (SSSR count). The third-order valence-electron chi connectivity index (χ3n) is 4.44. The molecule has 0 atom stereocenters. The predicted molar refractivity (Wildman–Crippen MR) is 98.8 cm³/mol. The second-order valence-electron chi connectivity index (χ2n) is 6.12. The molecule has 26 heavy (non-hydrogen) atoms. The lowest BCUT2D eigenvalue weighted by Gasteiger charge is -2.34. The van der Waals surface area contributed by atoms with E-state index in [0.29, 0.717) is 48.1 Å². The van der Waals surface area contributed by atoms with Crippen LogP contribution in [0.4, 0.5) is 5.82 Å². The van der Waals surface area contributed by atoms with Gasteiger partial charge in [0, 0.05) is 26.2 Å². The molecule has 1 saturated heterocycles. The molecule has 1 fully saturated rings. The first-order valence-corrected chi connectivity index (χ1v) is 9.95. The number of hydrogen-bond donors (Lipinski definition) is 1. The number of sulfonamides is 1. The van der Waals surface area contributed by atoms with Crippen molar-refractivity contribution in [2.45, 2.75) is 11.8 Å². The van der Waals surface area contributed by atoms with Gasteiger partial charge in [-0.3, -0.25) is 0 Å². The molecule has 136 valence electrons. The molecule has 0 bridgehead atoms. The number of rotatable bonds is 3. The first kappa shape index (κ1) is 17.2. The molecule has 0 spiro atoms. The topological polar surface area (TPSA) is 95.1 Å². The van der Waals surface area contributed by atoms with Crippen LogP contribution in [0.5, 0.6) is 0 Å². The fourth-order valence-corrected chi connectivity index (χ4v) is 4.60. The molecule has 0 saturated carbocycles. The summed E-state index contributed by atoms with van der Waals surface area (Å²) in [6.07, 6.45) is 1.54. The van der Waals surface area contributed by atoms with Gasteiger partial charge in [0.05, 0.1) is 11.2 Å². The second kappa shape index (κ2) is 6.49. The fourth-order valence-electron chi connectivity index (χ4n) is 3.02. The van der Waals surface area contributed by atoms with Gasteiger partial charge in [0.2, 0.25) is 15.3 Å². The maximum absolute atomic E-state index is 12.8. The van der Waals surface area contributed by atoms with Crippen molar-refractivity contribution in [3.8, 4) is 0 Å². The number of anilines is 1. The summed E-state index contributed by atoms with van der Waals surface area (Å²) in [4.78, 5) is 17.8. The zero-order valence-corrected chi connectivity index (χ0v) is 15.6. The largest absolute Gasteiger partial charge is 0.352 e. The minimum Gasteiger partial charge on any atom is -0.352 e. The van der Waals surface area contributed by atoms with Crippen LogP contribution in [0.25, 0.3) is 11.2 Å². The average Bonchev–Trinajstić information content (AvgIpc) is 3.10. The van der Waals surface area contributed by atoms with E-state index in [4.69, 9.17) is 11.6 Å². The number of benzene rings is 1. The Bertz CT molecular complexity index is 1040. The Morgan fingerprint density at radius 2 is 1.77 bits per heavy atom. The Labute approximate surface area is 155 Å². The van der Waals surface area contributed by atoms with Crippen molar-refractivity contribution in [3.05, 3.63) is 41.4 Å². The summed E-state index contributed by atoms with van der Waals surface area (Å²) in [5.41, 5.74) is 2.22. The normalized spacial score (nSPS) is 16.3. The molecule has 0 aliphatic carbocycles. The van der Waals surface area contributed by atoms with E-state index in [0.717, 1.165) is 5.56 Å². The summed E-state index contributed by atoms with van der Waals surface area (Å²) >= 11 is 5.98. The Morgan fingerprint density at radius 1 is 1.08 bits per heavy atom. The van der Waals surface area contributed by atoms with Crippen molar-refractivity contribution >= 4 is 38.6 Å². The Hall–Kier alpha value is -2.23. The van der Waals surface area contributed by atoms with Crippen molar-refractivity contribution < 1.29 is 8.42 Å². The lowest BCUT2D eigenvalue weighted by molar-refractivity contribution is 0.384. The van der Waals surface area contributed by atoms with E-state index in [2.05, 4.69) is 19.9 Å². The van der Waals surface area contributed by atoms with Crippen LogP contribution in [0.3, 0.4) is 0 Å². The van der Waals surface area contributed by atoms with Gasteiger partial charge in [-0.25, -0.2) is 13.4 Å². The highest BCUT2D eigenvalue weighted by atomic mass is 35.5. The zero-order chi connectivity index (χ0) is 18.3. The molecule has 1 aliphatic heterocycles. The molecule has 0 unspecified atom stereocenters. The first-order chi connectivity index (χ1) is 12.4. The van der Waals surface area contributed by atoms with E-state index in [9.17, 15) is 8.42 Å². The summed E-state index contributed by atoms with van der Waals surface area (Å²) in [5, 5.41) is 0.120. The highest BCUT2D eigenvalue weighted by Crippen LogP contribution is 2.25. The molecule has 1 aliphatic rings. The van der Waals surface area contributed by atoms with E-state index in [1.165, 1.54) is 10.6 Å². The number of aryl methyl sites for hydroxylation is 1. The van der Waals surface area contributed by atoms with Crippen LogP contribution in [-0.2, 0) is 10.0 Å². The van der Waals surface area contributed by atoms with E-state index in [1.807, 2.05) is 11.8 Å². The first-order valence-electron chi connectivity index (χ1n) is 8.13. The molecule has 10 heteroatoms. The van der Waals surface area contributed by atoms with Crippen LogP contribution in [0, 0.1) is 6.92 Å². The highest BCUT2D eigenvalue weighted by molar-refractivity contribution is 7.89. The van der Waals surface area contributed by atoms with Gasteiger partial charge in [0.1, 0.15) is 5.52 Å². The van der Waals surface area contributed by atoms with Gasteiger partial charge in [-0.05, 0) is 30.7 Å². The van der Waals surface area contributed by atoms with Crippen LogP contribution in [0.15, 0.2) is 35.5 Å². The minimum absolute atomic E-state index is 0.120. The summed E-state index contributed by atoms with van der Waals surface area (Å²) in [5.74, 6) is 0.643. The Morgan fingerprint density at radius 3 is 2.46 bits per heavy atom. The van der Waals surface area contributed by atoms with Gasteiger partial charge in [0.15, 0.2) is 11.5 Å². The predicted octanol–water partition coefficient (Wildman–Crippen LogP) is 1.83. The molecule has 2 aromatic heterocycles. The molecule has 3 aromatic rings. The lowest BCUT2D eigenvalue weighted by Crippen LogP contribution is -2.49. The summed E-state index contributed by atoms with van der Waals surface area (Å²) in [6.45, 7) is 3.68. The smallest absolute Gasteiger partial charge is 0.243 e.